The number of hydrogen-bond donors (Lipinski definition) is 1. The normalized spacial score (nSPS) is 19.0. The quantitative estimate of drug-likeness (QED) is 0.803. The molecule has 1 atom stereocenters. The fourth-order valence-electron chi connectivity index (χ4n) is 2.82. The van der Waals surface area contributed by atoms with Gasteiger partial charge < -0.3 is 5.32 Å². The molecule has 0 amide bonds. The monoisotopic (exact) mass is 267 g/mol. The van der Waals surface area contributed by atoms with Crippen molar-refractivity contribution < 1.29 is 0 Å². The van der Waals surface area contributed by atoms with E-state index in [1.54, 1.807) is 0 Å². The van der Waals surface area contributed by atoms with Gasteiger partial charge >= 0.3 is 0 Å². The van der Waals surface area contributed by atoms with E-state index in [1.807, 2.05) is 29.7 Å². The average Bonchev–Trinajstić information content (AvgIpc) is 2.81. The molecule has 1 saturated carbocycles. The van der Waals surface area contributed by atoms with Crippen LogP contribution in [0.4, 0.5) is 0 Å². The Labute approximate surface area is 115 Å². The van der Waals surface area contributed by atoms with Gasteiger partial charge in [-0.1, -0.05) is 26.2 Å². The summed E-state index contributed by atoms with van der Waals surface area (Å²) in [5, 5.41) is 7.91. The fraction of sp³-hybridized carbons (Fsp3) is 0.786. The smallest absolute Gasteiger partial charge is 0.0625 e. The highest BCUT2D eigenvalue weighted by Crippen LogP contribution is 2.29. The lowest BCUT2D eigenvalue weighted by Crippen LogP contribution is -2.39. The minimum absolute atomic E-state index is 0.667. The number of aryl methyl sites for hydroxylation is 1. The molecule has 1 unspecified atom stereocenters. The first-order valence-electron chi connectivity index (χ1n) is 7.14. The average molecular weight is 267 g/mol. The molecule has 0 saturated heterocycles. The molecule has 18 heavy (non-hydrogen) atoms. The van der Waals surface area contributed by atoms with Gasteiger partial charge in [0, 0.05) is 29.9 Å². The van der Waals surface area contributed by atoms with E-state index in [0.717, 1.165) is 12.5 Å². The van der Waals surface area contributed by atoms with Crippen LogP contribution >= 0.6 is 11.8 Å². The number of rotatable bonds is 6. The molecule has 1 fully saturated rings. The topological polar surface area (TPSA) is 29.9 Å². The Balaban J connectivity index is 1.85. The van der Waals surface area contributed by atoms with E-state index in [1.165, 1.54) is 42.8 Å². The number of hydrogen-bond acceptors (Lipinski definition) is 3. The van der Waals surface area contributed by atoms with Gasteiger partial charge in [0.2, 0.25) is 0 Å². The summed E-state index contributed by atoms with van der Waals surface area (Å²) in [5.41, 5.74) is 0. The van der Waals surface area contributed by atoms with E-state index in [0.29, 0.717) is 6.04 Å². The van der Waals surface area contributed by atoms with Gasteiger partial charge in [-0.3, -0.25) is 4.68 Å². The first-order valence-corrected chi connectivity index (χ1v) is 8.13. The molecule has 1 aliphatic rings. The molecular formula is C14H25N3S. The molecule has 0 bridgehead atoms. The Kier molecular flexibility index (Phi) is 5.57. The lowest BCUT2D eigenvalue weighted by molar-refractivity contribution is 0.288. The van der Waals surface area contributed by atoms with E-state index in [-0.39, 0.29) is 0 Å². The molecule has 0 radical (unpaired) electrons. The molecule has 1 aromatic rings. The Hall–Kier alpha value is -0.480. The van der Waals surface area contributed by atoms with E-state index < -0.39 is 0 Å². The van der Waals surface area contributed by atoms with Crippen molar-refractivity contribution in [3.63, 3.8) is 0 Å². The van der Waals surface area contributed by atoms with E-state index in [4.69, 9.17) is 0 Å². The molecule has 0 spiro atoms. The molecule has 1 N–H and O–H groups in total. The van der Waals surface area contributed by atoms with Gasteiger partial charge in [0.1, 0.15) is 0 Å². The maximum absolute atomic E-state index is 4.23. The Bertz CT molecular complexity index is 345. The first-order chi connectivity index (χ1) is 8.79. The summed E-state index contributed by atoms with van der Waals surface area (Å²) in [6.07, 6.45) is 11.2. The van der Waals surface area contributed by atoms with E-state index in [2.05, 4.69) is 23.5 Å². The highest BCUT2D eigenvalue weighted by atomic mass is 32.2. The SMILES string of the molecule is CCNC(CSc1cnn(C)c1)C1CCCCC1. The highest BCUT2D eigenvalue weighted by Gasteiger charge is 2.22. The molecule has 4 heteroatoms. The summed E-state index contributed by atoms with van der Waals surface area (Å²) in [6, 6.07) is 0.667. The van der Waals surface area contributed by atoms with Crippen molar-refractivity contribution in [3.8, 4) is 0 Å². The minimum atomic E-state index is 0.667. The molecule has 2 rings (SSSR count). The summed E-state index contributed by atoms with van der Waals surface area (Å²) in [7, 11) is 1.98. The summed E-state index contributed by atoms with van der Waals surface area (Å²) in [5.74, 6) is 2.05. The number of thioether (sulfide) groups is 1. The summed E-state index contributed by atoms with van der Waals surface area (Å²) in [6.45, 7) is 3.29. The standard InChI is InChI=1S/C14H25N3S/c1-3-15-14(12-7-5-4-6-8-12)11-18-13-9-16-17(2)10-13/h9-10,12,14-15H,3-8,11H2,1-2H3. The van der Waals surface area contributed by atoms with Crippen molar-refractivity contribution in [1.82, 2.24) is 15.1 Å². The number of nitrogens with zero attached hydrogens (tertiary/aromatic N) is 2. The second-order valence-electron chi connectivity index (χ2n) is 5.22. The minimum Gasteiger partial charge on any atom is -0.313 e. The van der Waals surface area contributed by atoms with Crippen LogP contribution in [-0.2, 0) is 7.05 Å². The zero-order chi connectivity index (χ0) is 12.8. The lowest BCUT2D eigenvalue weighted by atomic mass is 9.84. The van der Waals surface area contributed by atoms with Gasteiger partial charge in [-0.05, 0) is 25.3 Å². The van der Waals surface area contributed by atoms with Crippen LogP contribution in [-0.4, -0.2) is 28.1 Å². The predicted octanol–water partition coefficient (Wildman–Crippen LogP) is 3.07. The number of aromatic nitrogens is 2. The summed E-state index contributed by atoms with van der Waals surface area (Å²) >= 11 is 1.94. The Morgan fingerprint density at radius 1 is 1.44 bits per heavy atom. The second-order valence-corrected chi connectivity index (χ2v) is 6.32. The first kappa shape index (κ1) is 13.9. The largest absolute Gasteiger partial charge is 0.313 e. The van der Waals surface area contributed by atoms with Crippen LogP contribution in [0, 0.1) is 5.92 Å². The third-order valence-corrected chi connectivity index (χ3v) is 4.87. The predicted molar refractivity (Wildman–Crippen MR) is 78.0 cm³/mol. The summed E-state index contributed by atoms with van der Waals surface area (Å²) < 4.78 is 1.88. The zero-order valence-corrected chi connectivity index (χ0v) is 12.4. The maximum atomic E-state index is 4.23. The maximum Gasteiger partial charge on any atom is 0.0625 e. The van der Waals surface area contributed by atoms with Gasteiger partial charge in [-0.25, -0.2) is 0 Å². The highest BCUT2D eigenvalue weighted by molar-refractivity contribution is 7.99. The van der Waals surface area contributed by atoms with Crippen LogP contribution in [0.25, 0.3) is 0 Å². The van der Waals surface area contributed by atoms with Gasteiger partial charge in [0.05, 0.1) is 6.20 Å². The van der Waals surface area contributed by atoms with Gasteiger partial charge in [0.25, 0.3) is 0 Å². The lowest BCUT2D eigenvalue weighted by Gasteiger charge is -2.30. The molecule has 0 aliphatic heterocycles. The molecule has 1 heterocycles. The zero-order valence-electron chi connectivity index (χ0n) is 11.6. The molecule has 1 aromatic heterocycles. The van der Waals surface area contributed by atoms with Gasteiger partial charge in [0.15, 0.2) is 0 Å². The number of nitrogens with one attached hydrogen (secondary N) is 1. The van der Waals surface area contributed by atoms with E-state index in [9.17, 15) is 0 Å². The Morgan fingerprint density at radius 2 is 2.22 bits per heavy atom. The van der Waals surface area contributed by atoms with Crippen molar-refractivity contribution in [2.45, 2.75) is 50.0 Å². The van der Waals surface area contributed by atoms with Crippen LogP contribution in [0.5, 0.6) is 0 Å². The fourth-order valence-corrected chi connectivity index (χ4v) is 3.93. The Morgan fingerprint density at radius 3 is 2.83 bits per heavy atom. The molecule has 0 aromatic carbocycles. The van der Waals surface area contributed by atoms with Gasteiger partial charge in [-0.2, -0.15) is 5.10 Å². The van der Waals surface area contributed by atoms with Crippen LogP contribution in [0.15, 0.2) is 17.3 Å². The van der Waals surface area contributed by atoms with Crippen molar-refractivity contribution in [3.05, 3.63) is 12.4 Å². The van der Waals surface area contributed by atoms with E-state index >= 15 is 0 Å². The van der Waals surface area contributed by atoms with Crippen LogP contribution in [0.2, 0.25) is 0 Å². The summed E-state index contributed by atoms with van der Waals surface area (Å²) in [4.78, 5) is 1.29. The van der Waals surface area contributed by atoms with Crippen molar-refractivity contribution in [2.24, 2.45) is 13.0 Å². The van der Waals surface area contributed by atoms with Crippen LogP contribution in [0.3, 0.4) is 0 Å². The van der Waals surface area contributed by atoms with Crippen molar-refractivity contribution in [1.29, 1.82) is 0 Å². The molecule has 1 aliphatic carbocycles. The van der Waals surface area contributed by atoms with Gasteiger partial charge in [-0.15, -0.1) is 11.8 Å². The molecule has 102 valence electrons. The van der Waals surface area contributed by atoms with Crippen molar-refractivity contribution in [2.75, 3.05) is 12.3 Å². The molecular weight excluding hydrogens is 242 g/mol. The van der Waals surface area contributed by atoms with Crippen molar-refractivity contribution >= 4 is 11.8 Å². The third kappa shape index (κ3) is 4.02. The van der Waals surface area contributed by atoms with Crippen LogP contribution in [0.1, 0.15) is 39.0 Å². The van der Waals surface area contributed by atoms with Crippen LogP contribution < -0.4 is 5.32 Å². The molecule has 3 nitrogen and oxygen atoms in total. The third-order valence-electron chi connectivity index (χ3n) is 3.80. The second kappa shape index (κ2) is 7.19.